The van der Waals surface area contributed by atoms with Crippen LogP contribution in [0, 0.1) is 0 Å². The summed E-state index contributed by atoms with van der Waals surface area (Å²) < 4.78 is 0. The van der Waals surface area contributed by atoms with Crippen LogP contribution in [0.4, 0.5) is 0 Å². The van der Waals surface area contributed by atoms with Crippen LogP contribution in [-0.4, -0.2) is 11.9 Å². The fourth-order valence-corrected chi connectivity index (χ4v) is 5.03. The number of hydrogen-bond donors (Lipinski definition) is 0. The van der Waals surface area contributed by atoms with Gasteiger partial charge in [-0.05, 0) is 36.8 Å². The van der Waals surface area contributed by atoms with Gasteiger partial charge in [-0.2, -0.15) is 0 Å². The van der Waals surface area contributed by atoms with Crippen molar-refractivity contribution in [2.45, 2.75) is 149 Å². The lowest BCUT2D eigenvalue weighted by Gasteiger charge is -2.20. The molecule has 1 aromatic carbocycles. The largest absolute Gasteiger partial charge is 0.545 e. The van der Waals surface area contributed by atoms with Gasteiger partial charge in [-0.15, -0.1) is 0 Å². The number of hydrogen-bond acceptors (Lipinski definition) is 4. The Morgan fingerprint density at radius 3 is 1.34 bits per heavy atom. The summed E-state index contributed by atoms with van der Waals surface area (Å²) in [7, 11) is 0. The first-order valence-electron chi connectivity index (χ1n) is 14.6. The Morgan fingerprint density at radius 1 is 0.543 bits per heavy atom. The van der Waals surface area contributed by atoms with E-state index in [0.29, 0.717) is 12.0 Å². The Kier molecular flexibility index (Phi) is 18.1. The fraction of sp³-hybridized carbons (Fsp3) is 0.742. The minimum absolute atomic E-state index is 0.158. The van der Waals surface area contributed by atoms with Crippen LogP contribution in [-0.2, 0) is 12.8 Å². The highest BCUT2D eigenvalue weighted by atomic mass is 16.4. The molecule has 0 amide bonds. The Balaban J connectivity index is 2.57. The number of unbranched alkanes of at least 4 members (excludes halogenated alkanes) is 17. The highest BCUT2D eigenvalue weighted by Crippen LogP contribution is 2.24. The Morgan fingerprint density at radius 2 is 0.943 bits per heavy atom. The fourth-order valence-electron chi connectivity index (χ4n) is 5.03. The molecule has 0 aliphatic carbocycles. The zero-order valence-electron chi connectivity index (χ0n) is 22.6. The van der Waals surface area contributed by atoms with Crippen LogP contribution in [0.3, 0.4) is 0 Å². The molecule has 4 nitrogen and oxygen atoms in total. The molecule has 0 unspecified atom stereocenters. The lowest BCUT2D eigenvalue weighted by Crippen LogP contribution is -2.31. The Hall–Kier alpha value is -1.84. The maximum absolute atomic E-state index is 11.9. The van der Waals surface area contributed by atoms with Crippen LogP contribution in [0.1, 0.15) is 168 Å². The summed E-state index contributed by atoms with van der Waals surface area (Å²) in [5, 5.41) is 23.5. The van der Waals surface area contributed by atoms with Crippen LogP contribution in [0.25, 0.3) is 0 Å². The van der Waals surface area contributed by atoms with E-state index in [1.165, 1.54) is 96.0 Å². The predicted octanol–water partition coefficient (Wildman–Crippen LogP) is 6.95. The standard InChI is InChI=1S/C31H52O4/c1-3-5-7-9-11-13-15-17-19-21-23-27-26(22-20-18-16-14-12-10-8-6-4-2)24-25-28(30(32)33)29(27)31(34)35/h24-25H,3-23H2,1-2H3,(H,32,33)(H,34,35)/p-2. The van der Waals surface area contributed by atoms with Crippen LogP contribution < -0.4 is 10.2 Å². The van der Waals surface area contributed by atoms with Crippen molar-refractivity contribution >= 4 is 11.9 Å². The molecule has 0 N–H and O–H groups in total. The summed E-state index contributed by atoms with van der Waals surface area (Å²) in [6.45, 7) is 4.46. The third-order valence-corrected chi connectivity index (χ3v) is 7.16. The molecule has 35 heavy (non-hydrogen) atoms. The number of rotatable bonds is 23. The van der Waals surface area contributed by atoms with E-state index in [1.807, 2.05) is 0 Å². The minimum atomic E-state index is -1.44. The predicted molar refractivity (Wildman–Crippen MR) is 142 cm³/mol. The second-order valence-electron chi connectivity index (χ2n) is 10.2. The van der Waals surface area contributed by atoms with Gasteiger partial charge in [0.15, 0.2) is 0 Å². The van der Waals surface area contributed by atoms with Gasteiger partial charge in [0, 0.05) is 11.1 Å². The van der Waals surface area contributed by atoms with Crippen molar-refractivity contribution in [2.75, 3.05) is 0 Å². The summed E-state index contributed by atoms with van der Waals surface area (Å²) in [5.41, 5.74) is 1.22. The van der Waals surface area contributed by atoms with Gasteiger partial charge >= 0.3 is 0 Å². The van der Waals surface area contributed by atoms with E-state index in [4.69, 9.17) is 0 Å². The number of benzene rings is 1. The maximum Gasteiger partial charge on any atom is 0.0724 e. The smallest absolute Gasteiger partial charge is 0.0724 e. The molecule has 200 valence electrons. The summed E-state index contributed by atoms with van der Waals surface area (Å²) >= 11 is 0. The molecule has 0 aliphatic rings. The van der Waals surface area contributed by atoms with E-state index in [-0.39, 0.29) is 11.1 Å². The second-order valence-corrected chi connectivity index (χ2v) is 10.2. The van der Waals surface area contributed by atoms with E-state index in [1.54, 1.807) is 6.07 Å². The molecule has 0 heterocycles. The number of carboxylic acid groups (broad SMARTS) is 2. The Labute approximate surface area is 214 Å². The SMILES string of the molecule is CCCCCCCCCCCCc1c(CCCCCCCCCCC)ccc(C(=O)[O-])c1C(=O)[O-]. The molecule has 0 aromatic heterocycles. The van der Waals surface area contributed by atoms with Gasteiger partial charge in [0.2, 0.25) is 0 Å². The first kappa shape index (κ1) is 31.2. The molecule has 1 rings (SSSR count). The Bertz CT molecular complexity index is 710. The topological polar surface area (TPSA) is 80.3 Å². The van der Waals surface area contributed by atoms with Gasteiger partial charge in [-0.25, -0.2) is 0 Å². The normalized spacial score (nSPS) is 11.1. The van der Waals surface area contributed by atoms with E-state index in [0.717, 1.165) is 44.1 Å². The number of carbonyl (C=O) groups excluding carboxylic acids is 2. The molecule has 4 heteroatoms. The highest BCUT2D eigenvalue weighted by molar-refractivity contribution is 6.01. The molecular formula is C31H50O4-2. The van der Waals surface area contributed by atoms with Crippen molar-refractivity contribution in [2.24, 2.45) is 0 Å². The molecule has 0 radical (unpaired) electrons. The van der Waals surface area contributed by atoms with Crippen LogP contribution in [0.2, 0.25) is 0 Å². The van der Waals surface area contributed by atoms with Gasteiger partial charge < -0.3 is 19.8 Å². The van der Waals surface area contributed by atoms with Crippen LogP contribution in [0.5, 0.6) is 0 Å². The third kappa shape index (κ3) is 13.7. The lowest BCUT2D eigenvalue weighted by molar-refractivity contribution is -0.259. The zero-order valence-corrected chi connectivity index (χ0v) is 22.6. The first-order valence-corrected chi connectivity index (χ1v) is 14.6. The van der Waals surface area contributed by atoms with Gasteiger partial charge in [-0.1, -0.05) is 135 Å². The number of carboxylic acids is 2. The molecule has 0 fully saturated rings. The average molecular weight is 487 g/mol. The van der Waals surface area contributed by atoms with Crippen molar-refractivity contribution in [1.29, 1.82) is 0 Å². The molecule has 0 spiro atoms. The molecular weight excluding hydrogens is 436 g/mol. The van der Waals surface area contributed by atoms with Crippen LogP contribution in [0.15, 0.2) is 12.1 Å². The number of aromatic carboxylic acids is 2. The van der Waals surface area contributed by atoms with Crippen molar-refractivity contribution in [1.82, 2.24) is 0 Å². The molecule has 1 aromatic rings. The summed E-state index contributed by atoms with van der Waals surface area (Å²) in [5.74, 6) is -2.84. The first-order chi connectivity index (χ1) is 17.0. The third-order valence-electron chi connectivity index (χ3n) is 7.16. The molecule has 0 saturated heterocycles. The number of aryl methyl sites for hydroxylation is 1. The van der Waals surface area contributed by atoms with E-state index < -0.39 is 11.9 Å². The van der Waals surface area contributed by atoms with Crippen molar-refractivity contribution in [3.63, 3.8) is 0 Å². The molecule has 0 bridgehead atoms. The van der Waals surface area contributed by atoms with Crippen molar-refractivity contribution in [3.05, 3.63) is 34.4 Å². The molecule has 0 aliphatic heterocycles. The summed E-state index contributed by atoms with van der Waals surface area (Å²) in [4.78, 5) is 23.5. The van der Waals surface area contributed by atoms with Gasteiger partial charge in [0.1, 0.15) is 0 Å². The zero-order chi connectivity index (χ0) is 25.7. The second kappa shape index (κ2) is 20.4. The van der Waals surface area contributed by atoms with Crippen molar-refractivity contribution < 1.29 is 19.8 Å². The summed E-state index contributed by atoms with van der Waals surface area (Å²) in [6.07, 6.45) is 24.5. The highest BCUT2D eigenvalue weighted by Gasteiger charge is 2.15. The van der Waals surface area contributed by atoms with Gasteiger partial charge in [-0.3, -0.25) is 0 Å². The summed E-state index contributed by atoms with van der Waals surface area (Å²) in [6, 6.07) is 3.19. The van der Waals surface area contributed by atoms with Crippen LogP contribution >= 0.6 is 0 Å². The van der Waals surface area contributed by atoms with E-state index >= 15 is 0 Å². The maximum atomic E-state index is 11.9. The van der Waals surface area contributed by atoms with E-state index in [9.17, 15) is 19.8 Å². The van der Waals surface area contributed by atoms with Gasteiger partial charge in [0.25, 0.3) is 0 Å². The lowest BCUT2D eigenvalue weighted by atomic mass is 9.89. The number of carbonyl (C=O) groups is 2. The monoisotopic (exact) mass is 486 g/mol. The molecule has 0 saturated carbocycles. The average Bonchev–Trinajstić information content (AvgIpc) is 2.84. The quantitative estimate of drug-likeness (QED) is 0.157. The van der Waals surface area contributed by atoms with E-state index in [2.05, 4.69) is 13.8 Å². The minimum Gasteiger partial charge on any atom is -0.545 e. The van der Waals surface area contributed by atoms with Crippen molar-refractivity contribution in [3.8, 4) is 0 Å². The van der Waals surface area contributed by atoms with Gasteiger partial charge in [0.05, 0.1) is 11.9 Å². The molecule has 0 atom stereocenters.